The summed E-state index contributed by atoms with van der Waals surface area (Å²) in [6.07, 6.45) is 1.03. The average molecular weight is 323 g/mol. The fourth-order valence-electron chi connectivity index (χ4n) is 3.95. The SMILES string of the molecule is Cc1ccc(N2C(=O)[C@@H]3[C@@H](C2=O)[C@H]2CC[C@H]3O2)c(OC(F)F)c1. The van der Waals surface area contributed by atoms with Gasteiger partial charge in [-0.2, -0.15) is 8.78 Å². The molecule has 0 saturated carbocycles. The van der Waals surface area contributed by atoms with Crippen LogP contribution in [0.25, 0.3) is 0 Å². The van der Waals surface area contributed by atoms with E-state index in [1.165, 1.54) is 12.1 Å². The van der Waals surface area contributed by atoms with Gasteiger partial charge >= 0.3 is 6.61 Å². The fraction of sp³-hybridized carbons (Fsp3) is 0.500. The third-order valence-corrected chi connectivity index (χ3v) is 4.86. The van der Waals surface area contributed by atoms with Gasteiger partial charge in [-0.25, -0.2) is 4.90 Å². The summed E-state index contributed by atoms with van der Waals surface area (Å²) in [5.74, 6) is -1.91. The van der Waals surface area contributed by atoms with E-state index in [2.05, 4.69) is 4.74 Å². The number of carbonyl (C=O) groups is 2. The van der Waals surface area contributed by atoms with E-state index in [1.807, 2.05) is 0 Å². The number of alkyl halides is 2. The summed E-state index contributed by atoms with van der Waals surface area (Å²) in [5, 5.41) is 0. The molecule has 0 unspecified atom stereocenters. The van der Waals surface area contributed by atoms with Gasteiger partial charge in [0.2, 0.25) is 11.8 Å². The van der Waals surface area contributed by atoms with Gasteiger partial charge in [-0.15, -0.1) is 0 Å². The zero-order valence-corrected chi connectivity index (χ0v) is 12.4. The Labute approximate surface area is 131 Å². The van der Waals surface area contributed by atoms with Crippen molar-refractivity contribution in [3.63, 3.8) is 0 Å². The van der Waals surface area contributed by atoms with Gasteiger partial charge in [-0.05, 0) is 37.5 Å². The third kappa shape index (κ3) is 2.06. The molecule has 0 aliphatic carbocycles. The Bertz CT molecular complexity index is 665. The molecule has 4 rings (SSSR count). The van der Waals surface area contributed by atoms with Gasteiger partial charge in [0.25, 0.3) is 0 Å². The van der Waals surface area contributed by atoms with Crippen molar-refractivity contribution in [2.75, 3.05) is 4.90 Å². The number of imide groups is 1. The molecule has 5 nitrogen and oxygen atoms in total. The highest BCUT2D eigenvalue weighted by Crippen LogP contribution is 2.50. The third-order valence-electron chi connectivity index (χ3n) is 4.86. The number of fused-ring (bicyclic) bond motifs is 5. The van der Waals surface area contributed by atoms with Gasteiger partial charge in [0.15, 0.2) is 5.75 Å². The lowest BCUT2D eigenvalue weighted by Gasteiger charge is -2.20. The Morgan fingerprint density at radius 3 is 2.35 bits per heavy atom. The Morgan fingerprint density at radius 1 is 1.17 bits per heavy atom. The highest BCUT2D eigenvalue weighted by atomic mass is 19.3. The summed E-state index contributed by atoms with van der Waals surface area (Å²) in [6, 6.07) is 4.54. The number of halogens is 2. The molecule has 2 bridgehead atoms. The van der Waals surface area contributed by atoms with Crippen LogP contribution in [0.1, 0.15) is 18.4 Å². The van der Waals surface area contributed by atoms with Gasteiger partial charge in [-0.3, -0.25) is 9.59 Å². The zero-order chi connectivity index (χ0) is 16.3. The van der Waals surface area contributed by atoms with Gasteiger partial charge in [-0.1, -0.05) is 6.07 Å². The van der Waals surface area contributed by atoms with Crippen LogP contribution in [0, 0.1) is 18.8 Å². The number of nitrogens with zero attached hydrogens (tertiary/aromatic N) is 1. The predicted octanol–water partition coefficient (Wildman–Crippen LogP) is 2.26. The van der Waals surface area contributed by atoms with Crippen molar-refractivity contribution in [2.24, 2.45) is 11.8 Å². The van der Waals surface area contributed by atoms with E-state index in [9.17, 15) is 18.4 Å². The van der Waals surface area contributed by atoms with E-state index in [1.54, 1.807) is 13.0 Å². The molecule has 2 amide bonds. The average Bonchev–Trinajstić information content (AvgIpc) is 3.14. The molecule has 0 spiro atoms. The molecule has 1 aromatic carbocycles. The largest absolute Gasteiger partial charge is 0.433 e. The Balaban J connectivity index is 1.74. The number of hydrogen-bond donors (Lipinski definition) is 0. The normalized spacial score (nSPS) is 32.1. The van der Waals surface area contributed by atoms with E-state index in [-0.39, 0.29) is 35.5 Å². The molecule has 3 saturated heterocycles. The summed E-state index contributed by atoms with van der Waals surface area (Å²) < 4.78 is 35.5. The van der Waals surface area contributed by atoms with Crippen molar-refractivity contribution in [1.82, 2.24) is 0 Å². The van der Waals surface area contributed by atoms with Crippen molar-refractivity contribution in [1.29, 1.82) is 0 Å². The standard InChI is InChI=1S/C16H15F2NO4/c1-7-2-3-8(11(6-7)23-16(17)18)19-14(20)12-9-4-5-10(22-9)13(12)15(19)21/h2-3,6,9-10,12-13,16H,4-5H2,1H3/t9-,10-,12+,13+/m1/s1. The van der Waals surface area contributed by atoms with E-state index in [4.69, 9.17) is 4.74 Å². The number of carbonyl (C=O) groups excluding carboxylic acids is 2. The van der Waals surface area contributed by atoms with Crippen LogP contribution >= 0.6 is 0 Å². The highest BCUT2D eigenvalue weighted by Gasteiger charge is 2.62. The monoisotopic (exact) mass is 323 g/mol. The van der Waals surface area contributed by atoms with Crippen molar-refractivity contribution in [3.8, 4) is 5.75 Å². The summed E-state index contributed by atoms with van der Waals surface area (Å²) in [5.41, 5.74) is 0.784. The highest BCUT2D eigenvalue weighted by molar-refractivity contribution is 6.23. The second kappa shape index (κ2) is 4.99. The van der Waals surface area contributed by atoms with Crippen molar-refractivity contribution < 1.29 is 27.8 Å². The molecule has 3 heterocycles. The molecule has 1 aromatic rings. The minimum atomic E-state index is -3.03. The number of rotatable bonds is 3. The van der Waals surface area contributed by atoms with Crippen LogP contribution in [0.2, 0.25) is 0 Å². The maximum Gasteiger partial charge on any atom is 0.387 e. The summed E-state index contributed by atoms with van der Waals surface area (Å²) in [4.78, 5) is 26.4. The Hall–Kier alpha value is -2.02. The molecular weight excluding hydrogens is 308 g/mol. The molecule has 122 valence electrons. The lowest BCUT2D eigenvalue weighted by atomic mass is 9.81. The smallest absolute Gasteiger partial charge is 0.387 e. The molecule has 3 fully saturated rings. The quantitative estimate of drug-likeness (QED) is 0.801. The van der Waals surface area contributed by atoms with Crippen LogP contribution in [0.5, 0.6) is 5.75 Å². The van der Waals surface area contributed by atoms with Crippen LogP contribution in [-0.4, -0.2) is 30.6 Å². The first-order valence-corrected chi connectivity index (χ1v) is 7.56. The van der Waals surface area contributed by atoms with Crippen molar-refractivity contribution >= 4 is 17.5 Å². The molecule has 0 aromatic heterocycles. The van der Waals surface area contributed by atoms with E-state index in [0.717, 1.165) is 17.7 Å². The van der Waals surface area contributed by atoms with Crippen molar-refractivity contribution in [3.05, 3.63) is 23.8 Å². The minimum absolute atomic E-state index is 0.0831. The molecule has 7 heteroatoms. The summed E-state index contributed by atoms with van der Waals surface area (Å²) in [6.45, 7) is -1.30. The first-order chi connectivity index (χ1) is 11.0. The van der Waals surface area contributed by atoms with Gasteiger partial charge < -0.3 is 9.47 Å². The summed E-state index contributed by atoms with van der Waals surface area (Å²) >= 11 is 0. The first-order valence-electron chi connectivity index (χ1n) is 7.56. The number of aryl methyl sites for hydroxylation is 1. The van der Waals surface area contributed by atoms with Crippen LogP contribution < -0.4 is 9.64 Å². The fourth-order valence-corrected chi connectivity index (χ4v) is 3.95. The molecule has 0 N–H and O–H groups in total. The van der Waals surface area contributed by atoms with E-state index in [0.29, 0.717) is 5.56 Å². The van der Waals surface area contributed by atoms with Crippen LogP contribution in [0.3, 0.4) is 0 Å². The molecule has 23 heavy (non-hydrogen) atoms. The lowest BCUT2D eigenvalue weighted by molar-refractivity contribution is -0.125. The Morgan fingerprint density at radius 2 is 1.78 bits per heavy atom. The van der Waals surface area contributed by atoms with E-state index < -0.39 is 18.4 Å². The molecule has 0 radical (unpaired) electrons. The van der Waals surface area contributed by atoms with Crippen LogP contribution in [-0.2, 0) is 14.3 Å². The number of amides is 2. The maximum atomic E-state index is 12.7. The number of benzene rings is 1. The number of ether oxygens (including phenoxy) is 2. The molecule has 4 atom stereocenters. The van der Waals surface area contributed by atoms with Crippen LogP contribution in [0.4, 0.5) is 14.5 Å². The molecular formula is C16H15F2NO4. The lowest BCUT2D eigenvalue weighted by Crippen LogP contribution is -2.34. The topological polar surface area (TPSA) is 55.8 Å². The van der Waals surface area contributed by atoms with Crippen molar-refractivity contribution in [2.45, 2.75) is 38.6 Å². The minimum Gasteiger partial charge on any atom is -0.433 e. The number of anilines is 1. The van der Waals surface area contributed by atoms with Gasteiger partial charge in [0.05, 0.1) is 29.7 Å². The summed E-state index contributed by atoms with van der Waals surface area (Å²) in [7, 11) is 0. The maximum absolute atomic E-state index is 12.7. The Kier molecular flexibility index (Phi) is 3.16. The predicted molar refractivity (Wildman–Crippen MR) is 75.2 cm³/mol. The first kappa shape index (κ1) is 14.6. The van der Waals surface area contributed by atoms with Crippen LogP contribution in [0.15, 0.2) is 18.2 Å². The number of hydrogen-bond acceptors (Lipinski definition) is 4. The van der Waals surface area contributed by atoms with Gasteiger partial charge in [0.1, 0.15) is 0 Å². The zero-order valence-electron chi connectivity index (χ0n) is 12.4. The second-order valence-corrected chi connectivity index (χ2v) is 6.20. The molecule has 3 aliphatic heterocycles. The van der Waals surface area contributed by atoms with E-state index >= 15 is 0 Å². The second-order valence-electron chi connectivity index (χ2n) is 6.20. The van der Waals surface area contributed by atoms with Gasteiger partial charge in [0, 0.05) is 0 Å². The molecule has 3 aliphatic rings.